The maximum Gasteiger partial charge on any atom is 0.408 e. The molecular weight excluding hydrogens is 298 g/mol. The molecule has 0 heterocycles. The number of phenolic OH excluding ortho intramolecular Hbond substituents is 1. The van der Waals surface area contributed by atoms with E-state index in [-0.39, 0.29) is 18.8 Å². The van der Waals surface area contributed by atoms with Crippen LogP contribution in [0.3, 0.4) is 0 Å². The second kappa shape index (κ2) is 7.84. The number of ether oxygens (including phenoxy) is 1. The third-order valence-corrected chi connectivity index (χ3v) is 3.15. The van der Waals surface area contributed by atoms with Gasteiger partial charge in [0, 0.05) is 6.42 Å². The number of aliphatic carboxylic acids is 1. The Morgan fingerprint density at radius 3 is 2.39 bits per heavy atom. The average Bonchev–Trinajstić information content (AvgIpc) is 2.53. The summed E-state index contributed by atoms with van der Waals surface area (Å²) >= 11 is 0. The van der Waals surface area contributed by atoms with Crippen LogP contribution >= 0.6 is 0 Å². The van der Waals surface area contributed by atoms with Crippen LogP contribution in [-0.2, 0) is 22.6 Å². The number of benzene rings is 2. The molecule has 0 bridgehead atoms. The van der Waals surface area contributed by atoms with Crippen molar-refractivity contribution >= 4 is 12.1 Å². The molecule has 0 saturated heterocycles. The van der Waals surface area contributed by atoms with Crippen LogP contribution in [-0.4, -0.2) is 28.3 Å². The van der Waals surface area contributed by atoms with Crippen molar-refractivity contribution in [3.63, 3.8) is 0 Å². The number of aromatic hydroxyl groups is 1. The van der Waals surface area contributed by atoms with E-state index in [1.807, 2.05) is 18.2 Å². The van der Waals surface area contributed by atoms with Gasteiger partial charge in [0.1, 0.15) is 18.4 Å². The van der Waals surface area contributed by atoms with Crippen LogP contribution in [0.2, 0.25) is 0 Å². The van der Waals surface area contributed by atoms with Gasteiger partial charge in [0.25, 0.3) is 0 Å². The first-order valence-electron chi connectivity index (χ1n) is 7.02. The first-order chi connectivity index (χ1) is 11.0. The fraction of sp³-hybridized carbons (Fsp3) is 0.176. The van der Waals surface area contributed by atoms with E-state index in [9.17, 15) is 19.8 Å². The highest BCUT2D eigenvalue weighted by molar-refractivity contribution is 5.80. The van der Waals surface area contributed by atoms with E-state index in [1.54, 1.807) is 24.3 Å². The summed E-state index contributed by atoms with van der Waals surface area (Å²) in [4.78, 5) is 23.0. The molecule has 0 unspecified atom stereocenters. The van der Waals surface area contributed by atoms with Gasteiger partial charge >= 0.3 is 12.1 Å². The first-order valence-corrected chi connectivity index (χ1v) is 7.02. The van der Waals surface area contributed by atoms with Crippen molar-refractivity contribution < 1.29 is 24.5 Å². The molecule has 6 heteroatoms. The number of carboxylic acids is 1. The van der Waals surface area contributed by atoms with Gasteiger partial charge in [-0.15, -0.1) is 0 Å². The highest BCUT2D eigenvalue weighted by atomic mass is 16.5. The standard InChI is InChI=1S/C17H17NO5/c19-14-8-4-7-13(9-14)10-15(16(20)21)18-17(22)23-11-12-5-2-1-3-6-12/h1-9,15,19H,10-11H2,(H,18,22)(H,20,21)/t15-/m1/s1. The van der Waals surface area contributed by atoms with Crippen molar-refractivity contribution in [1.82, 2.24) is 5.32 Å². The number of amides is 1. The Morgan fingerprint density at radius 1 is 1.04 bits per heavy atom. The summed E-state index contributed by atoms with van der Waals surface area (Å²) in [5.74, 6) is -1.14. The second-order valence-electron chi connectivity index (χ2n) is 4.97. The summed E-state index contributed by atoms with van der Waals surface area (Å²) in [6, 6.07) is 14.2. The number of carbonyl (C=O) groups excluding carboxylic acids is 1. The molecule has 6 nitrogen and oxygen atoms in total. The lowest BCUT2D eigenvalue weighted by Gasteiger charge is -2.15. The van der Waals surface area contributed by atoms with Crippen molar-refractivity contribution in [2.24, 2.45) is 0 Å². The normalized spacial score (nSPS) is 11.5. The number of hydrogen-bond acceptors (Lipinski definition) is 4. The van der Waals surface area contributed by atoms with Gasteiger partial charge in [-0.25, -0.2) is 9.59 Å². The number of carbonyl (C=O) groups is 2. The molecule has 120 valence electrons. The summed E-state index contributed by atoms with van der Waals surface area (Å²) in [5, 5.41) is 20.9. The highest BCUT2D eigenvalue weighted by Gasteiger charge is 2.21. The molecule has 0 aliphatic rings. The van der Waals surface area contributed by atoms with E-state index < -0.39 is 18.1 Å². The monoisotopic (exact) mass is 315 g/mol. The predicted molar refractivity (Wildman–Crippen MR) is 83.0 cm³/mol. The Bertz CT molecular complexity index is 672. The maximum atomic E-state index is 11.7. The van der Waals surface area contributed by atoms with Crippen LogP contribution in [0.25, 0.3) is 0 Å². The molecule has 2 aromatic carbocycles. The summed E-state index contributed by atoms with van der Waals surface area (Å²) in [5.41, 5.74) is 1.41. The van der Waals surface area contributed by atoms with Gasteiger partial charge in [-0.3, -0.25) is 0 Å². The summed E-state index contributed by atoms with van der Waals surface area (Å²) < 4.78 is 5.01. The fourth-order valence-electron chi connectivity index (χ4n) is 2.03. The second-order valence-corrected chi connectivity index (χ2v) is 4.97. The van der Waals surface area contributed by atoms with E-state index in [2.05, 4.69) is 5.32 Å². The Labute approximate surface area is 133 Å². The minimum Gasteiger partial charge on any atom is -0.508 e. The molecule has 23 heavy (non-hydrogen) atoms. The fourth-order valence-corrected chi connectivity index (χ4v) is 2.03. The van der Waals surface area contributed by atoms with E-state index in [0.717, 1.165) is 5.56 Å². The quantitative estimate of drug-likeness (QED) is 0.760. The zero-order chi connectivity index (χ0) is 16.7. The summed E-state index contributed by atoms with van der Waals surface area (Å²) in [6.07, 6.45) is -0.758. The third kappa shape index (κ3) is 5.35. The number of carboxylic acid groups (broad SMARTS) is 1. The van der Waals surface area contributed by atoms with Crippen molar-refractivity contribution in [3.8, 4) is 5.75 Å². The third-order valence-electron chi connectivity index (χ3n) is 3.15. The van der Waals surface area contributed by atoms with Gasteiger partial charge in [0.2, 0.25) is 0 Å². The minimum atomic E-state index is -1.18. The molecule has 0 aliphatic heterocycles. The van der Waals surface area contributed by atoms with Crippen molar-refractivity contribution in [2.75, 3.05) is 0 Å². The molecule has 2 aromatic rings. The van der Waals surface area contributed by atoms with Crippen molar-refractivity contribution in [1.29, 1.82) is 0 Å². The lowest BCUT2D eigenvalue weighted by Crippen LogP contribution is -2.42. The number of phenols is 1. The number of nitrogens with one attached hydrogen (secondary N) is 1. The number of hydrogen-bond donors (Lipinski definition) is 3. The number of alkyl carbamates (subject to hydrolysis) is 1. The van der Waals surface area contributed by atoms with Gasteiger partial charge in [-0.1, -0.05) is 42.5 Å². The lowest BCUT2D eigenvalue weighted by molar-refractivity contribution is -0.139. The van der Waals surface area contributed by atoms with E-state index >= 15 is 0 Å². The molecular formula is C17H17NO5. The van der Waals surface area contributed by atoms with Crippen LogP contribution in [0.1, 0.15) is 11.1 Å². The van der Waals surface area contributed by atoms with Crippen LogP contribution in [0.15, 0.2) is 54.6 Å². The largest absolute Gasteiger partial charge is 0.508 e. The molecule has 0 saturated carbocycles. The zero-order valence-electron chi connectivity index (χ0n) is 12.3. The van der Waals surface area contributed by atoms with Gasteiger partial charge in [-0.2, -0.15) is 0 Å². The molecule has 0 aliphatic carbocycles. The van der Waals surface area contributed by atoms with Crippen LogP contribution in [0.5, 0.6) is 5.75 Å². The zero-order valence-corrected chi connectivity index (χ0v) is 12.3. The molecule has 0 radical (unpaired) electrons. The molecule has 1 amide bonds. The molecule has 0 fully saturated rings. The Kier molecular flexibility index (Phi) is 5.57. The predicted octanol–water partition coefficient (Wildman–Crippen LogP) is 2.31. The Morgan fingerprint density at radius 2 is 1.74 bits per heavy atom. The Hall–Kier alpha value is -3.02. The van der Waals surface area contributed by atoms with E-state index in [0.29, 0.717) is 5.56 Å². The summed E-state index contributed by atoms with van der Waals surface area (Å²) in [6.45, 7) is 0.0607. The SMILES string of the molecule is O=C(N[C@H](Cc1cccc(O)c1)C(=O)O)OCc1ccccc1. The van der Waals surface area contributed by atoms with Crippen molar-refractivity contribution in [2.45, 2.75) is 19.1 Å². The Balaban J connectivity index is 1.91. The molecule has 1 atom stereocenters. The minimum absolute atomic E-state index is 0.0401. The summed E-state index contributed by atoms with van der Waals surface area (Å²) in [7, 11) is 0. The smallest absolute Gasteiger partial charge is 0.408 e. The first kappa shape index (κ1) is 16.4. The lowest BCUT2D eigenvalue weighted by atomic mass is 10.1. The van der Waals surface area contributed by atoms with Crippen LogP contribution < -0.4 is 5.32 Å². The van der Waals surface area contributed by atoms with Gasteiger partial charge in [0.05, 0.1) is 0 Å². The molecule has 2 rings (SSSR count). The molecule has 0 aromatic heterocycles. The van der Waals surface area contributed by atoms with Gasteiger partial charge in [0.15, 0.2) is 0 Å². The topological polar surface area (TPSA) is 95.9 Å². The van der Waals surface area contributed by atoms with Crippen molar-refractivity contribution in [3.05, 3.63) is 65.7 Å². The average molecular weight is 315 g/mol. The van der Waals surface area contributed by atoms with E-state index in [1.165, 1.54) is 12.1 Å². The van der Waals surface area contributed by atoms with Crippen LogP contribution in [0, 0.1) is 0 Å². The molecule has 3 N–H and O–H groups in total. The highest BCUT2D eigenvalue weighted by Crippen LogP contribution is 2.13. The number of rotatable bonds is 6. The van der Waals surface area contributed by atoms with Gasteiger partial charge in [-0.05, 0) is 23.3 Å². The van der Waals surface area contributed by atoms with E-state index in [4.69, 9.17) is 4.74 Å². The van der Waals surface area contributed by atoms with Gasteiger partial charge < -0.3 is 20.3 Å². The van der Waals surface area contributed by atoms with Crippen LogP contribution in [0.4, 0.5) is 4.79 Å². The maximum absolute atomic E-state index is 11.7. The molecule has 0 spiro atoms.